The second kappa shape index (κ2) is 3.23. The van der Waals surface area contributed by atoms with E-state index in [9.17, 15) is 15.3 Å². The Bertz CT molecular complexity index is 478. The van der Waals surface area contributed by atoms with Crippen molar-refractivity contribution in [3.05, 3.63) is 29.3 Å². The number of phenolic OH excluding ortho intramolecular Hbond substituents is 1. The predicted octanol–water partition coefficient (Wildman–Crippen LogP) is 1.01. The summed E-state index contributed by atoms with van der Waals surface area (Å²) in [4.78, 5) is 0. The molecule has 84 valence electrons. The summed E-state index contributed by atoms with van der Waals surface area (Å²) in [7, 11) is 0. The van der Waals surface area contributed by atoms with Gasteiger partial charge in [0, 0.05) is 23.6 Å². The summed E-state index contributed by atoms with van der Waals surface area (Å²) >= 11 is 0. The van der Waals surface area contributed by atoms with Crippen LogP contribution < -0.4 is 4.74 Å². The highest BCUT2D eigenvalue weighted by Gasteiger charge is 2.34. The summed E-state index contributed by atoms with van der Waals surface area (Å²) in [6.45, 7) is 0. The number of ether oxygens (including phenoxy) is 1. The van der Waals surface area contributed by atoms with E-state index < -0.39 is 12.4 Å². The van der Waals surface area contributed by atoms with Gasteiger partial charge in [0.25, 0.3) is 0 Å². The molecule has 3 N–H and O–H groups in total. The number of phenols is 1. The van der Waals surface area contributed by atoms with Gasteiger partial charge in [-0.3, -0.25) is 0 Å². The Balaban J connectivity index is 2.14. The molecule has 2 atom stereocenters. The predicted molar refractivity (Wildman–Crippen MR) is 56.9 cm³/mol. The number of aliphatic hydroxyl groups excluding tert-OH is 2. The number of fused-ring (bicyclic) bond motifs is 2. The van der Waals surface area contributed by atoms with E-state index in [1.807, 2.05) is 0 Å². The van der Waals surface area contributed by atoms with E-state index in [0.717, 1.165) is 16.7 Å². The maximum Gasteiger partial charge on any atom is 0.220 e. The van der Waals surface area contributed by atoms with Crippen LogP contribution in [0.5, 0.6) is 11.5 Å². The Kier molecular flexibility index (Phi) is 1.96. The molecule has 1 heterocycles. The standard InChI is InChI=1S/C12H12O4/c13-6-1-2-8-9-3-7(14)4-10(9)12(15)16-11(8)5-6/h1-2,5,7,12-15H,3-4H2. The Morgan fingerprint density at radius 3 is 2.81 bits per heavy atom. The summed E-state index contributed by atoms with van der Waals surface area (Å²) in [5.41, 5.74) is 2.56. The maximum absolute atomic E-state index is 9.76. The molecule has 1 aliphatic carbocycles. The average Bonchev–Trinajstić information content (AvgIpc) is 2.60. The van der Waals surface area contributed by atoms with Gasteiger partial charge in [-0.1, -0.05) is 0 Å². The number of aliphatic hydroxyl groups is 2. The van der Waals surface area contributed by atoms with Gasteiger partial charge in [-0.15, -0.1) is 0 Å². The number of hydrogen-bond acceptors (Lipinski definition) is 4. The molecule has 2 unspecified atom stereocenters. The molecule has 4 nitrogen and oxygen atoms in total. The minimum absolute atomic E-state index is 0.105. The van der Waals surface area contributed by atoms with Crippen molar-refractivity contribution >= 4 is 5.57 Å². The lowest BCUT2D eigenvalue weighted by Gasteiger charge is -2.24. The largest absolute Gasteiger partial charge is 0.508 e. The van der Waals surface area contributed by atoms with Gasteiger partial charge in [0.05, 0.1) is 6.10 Å². The third-order valence-electron chi connectivity index (χ3n) is 3.11. The molecule has 3 rings (SSSR count). The molecule has 0 bridgehead atoms. The zero-order valence-corrected chi connectivity index (χ0v) is 8.55. The van der Waals surface area contributed by atoms with E-state index in [4.69, 9.17) is 4.74 Å². The molecule has 1 aliphatic heterocycles. The number of rotatable bonds is 0. The van der Waals surface area contributed by atoms with Crippen molar-refractivity contribution in [3.8, 4) is 11.5 Å². The lowest BCUT2D eigenvalue weighted by molar-refractivity contribution is 0.00805. The van der Waals surface area contributed by atoms with Gasteiger partial charge in [-0.25, -0.2) is 0 Å². The normalized spacial score (nSPS) is 27.4. The summed E-state index contributed by atoms with van der Waals surface area (Å²) in [5, 5.41) is 28.7. The van der Waals surface area contributed by atoms with E-state index in [1.165, 1.54) is 6.07 Å². The van der Waals surface area contributed by atoms with Gasteiger partial charge < -0.3 is 20.1 Å². The molecule has 0 amide bonds. The molecule has 1 aromatic carbocycles. The van der Waals surface area contributed by atoms with E-state index in [0.29, 0.717) is 18.6 Å². The van der Waals surface area contributed by atoms with Crippen molar-refractivity contribution in [2.75, 3.05) is 0 Å². The first-order chi connectivity index (χ1) is 7.65. The van der Waals surface area contributed by atoms with Crippen LogP contribution in [0.15, 0.2) is 23.8 Å². The van der Waals surface area contributed by atoms with Gasteiger partial charge >= 0.3 is 0 Å². The molecule has 0 aromatic heterocycles. The second-order valence-corrected chi connectivity index (χ2v) is 4.22. The molecule has 0 spiro atoms. The van der Waals surface area contributed by atoms with Gasteiger partial charge in [-0.2, -0.15) is 0 Å². The van der Waals surface area contributed by atoms with Crippen LogP contribution in [0, 0.1) is 0 Å². The van der Waals surface area contributed by atoms with Crippen LogP contribution in [0.25, 0.3) is 5.57 Å². The Hall–Kier alpha value is -1.52. The van der Waals surface area contributed by atoms with Crippen LogP contribution in [0.1, 0.15) is 18.4 Å². The van der Waals surface area contributed by atoms with Crippen LogP contribution in [0.3, 0.4) is 0 Å². The average molecular weight is 220 g/mol. The fourth-order valence-corrected chi connectivity index (χ4v) is 2.40. The number of benzene rings is 1. The van der Waals surface area contributed by atoms with E-state index in [-0.39, 0.29) is 5.75 Å². The lowest BCUT2D eigenvalue weighted by atomic mass is 9.98. The SMILES string of the molecule is Oc1ccc2c(c1)OC(O)C1=C2CC(O)C1. The highest BCUT2D eigenvalue weighted by Crippen LogP contribution is 2.44. The van der Waals surface area contributed by atoms with Gasteiger partial charge in [0.1, 0.15) is 11.5 Å². The first kappa shape index (κ1) is 9.69. The molecule has 0 radical (unpaired) electrons. The minimum Gasteiger partial charge on any atom is -0.508 e. The van der Waals surface area contributed by atoms with E-state index in [2.05, 4.69) is 0 Å². The fraction of sp³-hybridized carbons (Fsp3) is 0.333. The Morgan fingerprint density at radius 2 is 2.00 bits per heavy atom. The number of hydrogen-bond donors (Lipinski definition) is 3. The summed E-state index contributed by atoms with van der Waals surface area (Å²) in [6.07, 6.45) is -0.450. The zero-order valence-electron chi connectivity index (χ0n) is 8.55. The van der Waals surface area contributed by atoms with Gasteiger partial charge in [-0.05, 0) is 24.1 Å². The third kappa shape index (κ3) is 1.31. The molecule has 0 saturated carbocycles. The van der Waals surface area contributed by atoms with Gasteiger partial charge in [0.15, 0.2) is 0 Å². The molecule has 4 heteroatoms. The third-order valence-corrected chi connectivity index (χ3v) is 3.11. The topological polar surface area (TPSA) is 69.9 Å². The summed E-state index contributed by atoms with van der Waals surface area (Å²) in [6, 6.07) is 4.81. The Morgan fingerprint density at radius 1 is 1.19 bits per heavy atom. The smallest absolute Gasteiger partial charge is 0.220 e. The number of aromatic hydroxyl groups is 1. The monoisotopic (exact) mass is 220 g/mol. The van der Waals surface area contributed by atoms with Crippen LogP contribution in [-0.2, 0) is 0 Å². The molecular weight excluding hydrogens is 208 g/mol. The summed E-state index contributed by atoms with van der Waals surface area (Å²) in [5.74, 6) is 0.578. The molecule has 0 fully saturated rings. The minimum atomic E-state index is -0.999. The second-order valence-electron chi connectivity index (χ2n) is 4.22. The van der Waals surface area contributed by atoms with Gasteiger partial charge in [0.2, 0.25) is 6.29 Å². The summed E-state index contributed by atoms with van der Waals surface area (Å²) < 4.78 is 5.30. The lowest BCUT2D eigenvalue weighted by Crippen LogP contribution is -2.22. The van der Waals surface area contributed by atoms with Crippen LogP contribution in [0.4, 0.5) is 0 Å². The molecule has 1 aromatic rings. The molecule has 16 heavy (non-hydrogen) atoms. The van der Waals surface area contributed by atoms with Crippen LogP contribution >= 0.6 is 0 Å². The fourth-order valence-electron chi connectivity index (χ4n) is 2.40. The highest BCUT2D eigenvalue weighted by molar-refractivity contribution is 5.78. The van der Waals surface area contributed by atoms with Crippen molar-refractivity contribution in [2.45, 2.75) is 25.2 Å². The first-order valence-electron chi connectivity index (χ1n) is 5.23. The van der Waals surface area contributed by atoms with Crippen molar-refractivity contribution in [1.29, 1.82) is 0 Å². The first-order valence-corrected chi connectivity index (χ1v) is 5.23. The van der Waals surface area contributed by atoms with Crippen molar-refractivity contribution in [2.24, 2.45) is 0 Å². The van der Waals surface area contributed by atoms with Crippen LogP contribution in [-0.4, -0.2) is 27.7 Å². The molecular formula is C12H12O4. The molecule has 0 saturated heterocycles. The van der Waals surface area contributed by atoms with Crippen molar-refractivity contribution in [3.63, 3.8) is 0 Å². The van der Waals surface area contributed by atoms with Crippen molar-refractivity contribution < 1.29 is 20.1 Å². The zero-order chi connectivity index (χ0) is 11.3. The molecule has 2 aliphatic rings. The maximum atomic E-state index is 9.76. The van der Waals surface area contributed by atoms with E-state index >= 15 is 0 Å². The van der Waals surface area contributed by atoms with Crippen LogP contribution in [0.2, 0.25) is 0 Å². The quantitative estimate of drug-likeness (QED) is 0.610. The Labute approximate surface area is 92.4 Å². The highest BCUT2D eigenvalue weighted by atomic mass is 16.6. The van der Waals surface area contributed by atoms with E-state index in [1.54, 1.807) is 12.1 Å². The van der Waals surface area contributed by atoms with Crippen molar-refractivity contribution in [1.82, 2.24) is 0 Å².